The lowest BCUT2D eigenvalue weighted by molar-refractivity contribution is -0.138. The summed E-state index contributed by atoms with van der Waals surface area (Å²) in [6.07, 6.45) is 1.85. The second-order valence-corrected chi connectivity index (χ2v) is 6.43. The van der Waals surface area contributed by atoms with E-state index in [1.54, 1.807) is 4.90 Å². The Hall–Kier alpha value is -1.79. The third-order valence-electron chi connectivity index (χ3n) is 3.59. The highest BCUT2D eigenvalue weighted by Crippen LogP contribution is 2.21. The van der Waals surface area contributed by atoms with Crippen LogP contribution < -0.4 is 10.6 Å². The van der Waals surface area contributed by atoms with Crippen LogP contribution in [0.15, 0.2) is 0 Å². The number of carbonyl (C=O) groups is 3. The molecule has 3 amide bonds. The van der Waals surface area contributed by atoms with Crippen LogP contribution in [0.2, 0.25) is 0 Å². The van der Waals surface area contributed by atoms with Crippen LogP contribution in [0.25, 0.3) is 0 Å². The summed E-state index contributed by atoms with van der Waals surface area (Å²) in [5.41, 5.74) is -0.380. The van der Waals surface area contributed by atoms with Crippen molar-refractivity contribution in [3.8, 4) is 0 Å². The van der Waals surface area contributed by atoms with Crippen molar-refractivity contribution >= 4 is 17.9 Å². The van der Waals surface area contributed by atoms with Crippen molar-refractivity contribution in [3.05, 3.63) is 0 Å². The minimum absolute atomic E-state index is 0.0598. The fourth-order valence-electron chi connectivity index (χ4n) is 2.19. The first kappa shape index (κ1) is 17.3. The summed E-state index contributed by atoms with van der Waals surface area (Å²) >= 11 is 0. The van der Waals surface area contributed by atoms with Crippen molar-refractivity contribution in [2.24, 2.45) is 5.41 Å². The van der Waals surface area contributed by atoms with Crippen molar-refractivity contribution in [2.45, 2.75) is 46.1 Å². The summed E-state index contributed by atoms with van der Waals surface area (Å²) in [4.78, 5) is 36.2. The fourth-order valence-corrected chi connectivity index (χ4v) is 2.19. The van der Waals surface area contributed by atoms with Crippen LogP contribution in [0.4, 0.5) is 4.79 Å². The van der Waals surface area contributed by atoms with Crippen molar-refractivity contribution in [3.63, 3.8) is 0 Å². The van der Waals surface area contributed by atoms with E-state index in [0.29, 0.717) is 0 Å². The molecule has 7 heteroatoms. The zero-order valence-electron chi connectivity index (χ0n) is 12.9. The number of nitrogens with zero attached hydrogens (tertiary/aromatic N) is 1. The van der Waals surface area contributed by atoms with Crippen LogP contribution in [-0.2, 0) is 9.59 Å². The summed E-state index contributed by atoms with van der Waals surface area (Å²) in [5, 5.41) is 14.0. The smallest absolute Gasteiger partial charge is 0.315 e. The third-order valence-corrected chi connectivity index (χ3v) is 3.59. The van der Waals surface area contributed by atoms with Crippen LogP contribution in [0.3, 0.4) is 0 Å². The van der Waals surface area contributed by atoms with Gasteiger partial charge in [0, 0.05) is 19.1 Å². The molecule has 0 radical (unpaired) electrons. The number of nitrogens with one attached hydrogen (secondary N) is 2. The monoisotopic (exact) mass is 299 g/mol. The van der Waals surface area contributed by atoms with E-state index in [4.69, 9.17) is 5.11 Å². The Morgan fingerprint density at radius 2 is 1.76 bits per heavy atom. The minimum Gasteiger partial charge on any atom is -0.481 e. The van der Waals surface area contributed by atoms with Gasteiger partial charge in [0.15, 0.2) is 0 Å². The van der Waals surface area contributed by atoms with Gasteiger partial charge in [0.2, 0.25) is 5.91 Å². The highest BCUT2D eigenvalue weighted by Gasteiger charge is 2.28. The number of urea groups is 1. The Morgan fingerprint density at radius 3 is 2.24 bits per heavy atom. The molecule has 0 bridgehead atoms. The molecule has 120 valence electrons. The Balaban J connectivity index is 2.42. The van der Waals surface area contributed by atoms with Crippen LogP contribution >= 0.6 is 0 Å². The van der Waals surface area contributed by atoms with E-state index in [1.807, 2.05) is 20.8 Å². The summed E-state index contributed by atoms with van der Waals surface area (Å²) < 4.78 is 0. The molecule has 1 unspecified atom stereocenters. The van der Waals surface area contributed by atoms with E-state index < -0.39 is 18.0 Å². The van der Waals surface area contributed by atoms with Gasteiger partial charge in [-0.15, -0.1) is 0 Å². The van der Waals surface area contributed by atoms with Gasteiger partial charge in [-0.05, 0) is 18.3 Å². The molecule has 0 aliphatic carbocycles. The van der Waals surface area contributed by atoms with Crippen LogP contribution in [0.5, 0.6) is 0 Å². The average Bonchev–Trinajstić information content (AvgIpc) is 2.87. The quantitative estimate of drug-likeness (QED) is 0.699. The van der Waals surface area contributed by atoms with Gasteiger partial charge in [0.1, 0.15) is 0 Å². The highest BCUT2D eigenvalue weighted by atomic mass is 16.4. The first-order chi connectivity index (χ1) is 9.70. The maximum absolute atomic E-state index is 11.8. The molecule has 1 saturated heterocycles. The van der Waals surface area contributed by atoms with Crippen LogP contribution in [-0.4, -0.2) is 53.6 Å². The van der Waals surface area contributed by atoms with E-state index >= 15 is 0 Å². The van der Waals surface area contributed by atoms with Gasteiger partial charge in [-0.1, -0.05) is 20.8 Å². The van der Waals surface area contributed by atoms with E-state index in [9.17, 15) is 14.4 Å². The number of aliphatic carboxylic acids is 1. The Labute approximate surface area is 125 Å². The molecule has 1 aliphatic heterocycles. The first-order valence-electron chi connectivity index (χ1n) is 7.24. The fraction of sp³-hybridized carbons (Fsp3) is 0.786. The molecule has 7 nitrogen and oxygen atoms in total. The summed E-state index contributed by atoms with van der Waals surface area (Å²) in [6.45, 7) is 7.00. The molecule has 1 heterocycles. The molecular weight excluding hydrogens is 274 g/mol. The molecule has 0 aromatic rings. The topological polar surface area (TPSA) is 98.7 Å². The van der Waals surface area contributed by atoms with Gasteiger partial charge >= 0.3 is 12.0 Å². The molecule has 0 aromatic carbocycles. The number of carboxylic acids is 1. The molecule has 1 fully saturated rings. The molecule has 21 heavy (non-hydrogen) atoms. The predicted octanol–water partition coefficient (Wildman–Crippen LogP) is 0.797. The molecule has 3 N–H and O–H groups in total. The molecule has 0 spiro atoms. The summed E-state index contributed by atoms with van der Waals surface area (Å²) in [7, 11) is 0. The highest BCUT2D eigenvalue weighted by molar-refractivity contribution is 5.84. The lowest BCUT2D eigenvalue weighted by Gasteiger charge is -2.30. The Morgan fingerprint density at radius 1 is 1.19 bits per heavy atom. The van der Waals surface area contributed by atoms with Crippen molar-refractivity contribution in [2.75, 3.05) is 19.6 Å². The normalized spacial score (nSPS) is 16.4. The molecule has 0 saturated carbocycles. The van der Waals surface area contributed by atoms with E-state index in [0.717, 1.165) is 25.9 Å². The third kappa shape index (κ3) is 6.01. The van der Waals surface area contributed by atoms with Gasteiger partial charge in [-0.25, -0.2) is 4.79 Å². The summed E-state index contributed by atoms with van der Waals surface area (Å²) in [5.74, 6) is -1.07. The zero-order chi connectivity index (χ0) is 16.0. The first-order valence-corrected chi connectivity index (χ1v) is 7.24. The molecule has 1 rings (SSSR count). The van der Waals surface area contributed by atoms with E-state index in [2.05, 4.69) is 10.6 Å². The largest absolute Gasteiger partial charge is 0.481 e. The van der Waals surface area contributed by atoms with Gasteiger partial charge in [0.05, 0.1) is 13.0 Å². The number of hydrogen-bond acceptors (Lipinski definition) is 3. The lowest BCUT2D eigenvalue weighted by atomic mass is 9.85. The van der Waals surface area contributed by atoms with Crippen molar-refractivity contribution < 1.29 is 19.5 Å². The molecule has 1 atom stereocenters. The van der Waals surface area contributed by atoms with Crippen molar-refractivity contribution in [1.82, 2.24) is 15.5 Å². The number of carboxylic acid groups (broad SMARTS) is 1. The van der Waals surface area contributed by atoms with Gasteiger partial charge in [0.25, 0.3) is 0 Å². The van der Waals surface area contributed by atoms with E-state index in [-0.39, 0.29) is 24.3 Å². The zero-order valence-corrected chi connectivity index (χ0v) is 12.9. The molecule has 1 aliphatic rings. The van der Waals surface area contributed by atoms with E-state index in [1.165, 1.54) is 0 Å². The molecular formula is C14H25N3O4. The lowest BCUT2D eigenvalue weighted by Crippen LogP contribution is -2.50. The van der Waals surface area contributed by atoms with Gasteiger partial charge in [-0.3, -0.25) is 9.59 Å². The standard InChI is InChI=1S/C14H25N3O4/c1-14(2,3)10(8-12(19)20)16-13(21)15-9-11(18)17-6-4-5-7-17/h10H,4-9H2,1-3H3,(H,19,20)(H2,15,16,21). The second-order valence-electron chi connectivity index (χ2n) is 6.43. The number of rotatable bonds is 5. The average molecular weight is 299 g/mol. The predicted molar refractivity (Wildman–Crippen MR) is 77.8 cm³/mol. The number of hydrogen-bond donors (Lipinski definition) is 3. The van der Waals surface area contributed by atoms with Crippen LogP contribution in [0, 0.1) is 5.41 Å². The second kappa shape index (κ2) is 7.28. The number of likely N-dealkylation sites (tertiary alicyclic amines) is 1. The minimum atomic E-state index is -0.969. The van der Waals surface area contributed by atoms with Gasteiger partial charge < -0.3 is 20.6 Å². The Kier molecular flexibility index (Phi) is 5.99. The SMILES string of the molecule is CC(C)(C)C(CC(=O)O)NC(=O)NCC(=O)N1CCCC1. The Bertz CT molecular complexity index is 398. The van der Waals surface area contributed by atoms with Crippen molar-refractivity contribution in [1.29, 1.82) is 0 Å². The summed E-state index contributed by atoms with van der Waals surface area (Å²) in [6, 6.07) is -1.01. The number of carbonyl (C=O) groups excluding carboxylic acids is 2. The van der Waals surface area contributed by atoms with Gasteiger partial charge in [-0.2, -0.15) is 0 Å². The van der Waals surface area contributed by atoms with Crippen LogP contribution in [0.1, 0.15) is 40.0 Å². The maximum Gasteiger partial charge on any atom is 0.315 e. The molecule has 0 aromatic heterocycles. The maximum atomic E-state index is 11.8. The number of amides is 3.